The molecular formula is C12H20N4S. The summed E-state index contributed by atoms with van der Waals surface area (Å²) in [4.78, 5) is 11.3. The lowest BCUT2D eigenvalue weighted by atomic mass is 10.3. The molecule has 1 aliphatic heterocycles. The van der Waals surface area contributed by atoms with Crippen LogP contribution in [0.4, 0.5) is 5.82 Å². The van der Waals surface area contributed by atoms with Gasteiger partial charge in [0.05, 0.1) is 11.9 Å². The van der Waals surface area contributed by atoms with Crippen molar-refractivity contribution in [3.63, 3.8) is 0 Å². The van der Waals surface area contributed by atoms with E-state index in [1.807, 2.05) is 24.2 Å². The van der Waals surface area contributed by atoms with Gasteiger partial charge in [-0.25, -0.2) is 4.98 Å². The maximum atomic E-state index is 4.66. The molecule has 0 saturated carbocycles. The molecule has 0 aromatic carbocycles. The largest absolute Gasteiger partial charge is 0.354 e. The lowest BCUT2D eigenvalue weighted by Crippen LogP contribution is -2.33. The standard InChI is InChI=1S/C12H20N4S/c1-10(2)14-8-11-7-13-9-12(15-11)16-3-5-17-6-4-16/h7,9-10,14H,3-6,8H2,1-2H3. The van der Waals surface area contributed by atoms with Gasteiger partial charge in [-0.05, 0) is 0 Å². The molecule has 0 unspecified atom stereocenters. The van der Waals surface area contributed by atoms with E-state index in [4.69, 9.17) is 0 Å². The predicted octanol–water partition coefficient (Wildman–Crippen LogP) is 1.53. The van der Waals surface area contributed by atoms with Gasteiger partial charge in [0.15, 0.2) is 0 Å². The summed E-state index contributed by atoms with van der Waals surface area (Å²) >= 11 is 2.01. The number of thioether (sulfide) groups is 1. The molecule has 5 heteroatoms. The molecule has 2 heterocycles. The summed E-state index contributed by atoms with van der Waals surface area (Å²) in [5.74, 6) is 3.40. The van der Waals surface area contributed by atoms with Crippen LogP contribution in [0.5, 0.6) is 0 Å². The smallest absolute Gasteiger partial charge is 0.147 e. The van der Waals surface area contributed by atoms with Crippen LogP contribution in [0.1, 0.15) is 19.5 Å². The number of nitrogens with zero attached hydrogens (tertiary/aromatic N) is 3. The number of hydrogen-bond donors (Lipinski definition) is 1. The summed E-state index contributed by atoms with van der Waals surface area (Å²) in [5, 5.41) is 3.37. The van der Waals surface area contributed by atoms with Crippen LogP contribution in [0.15, 0.2) is 12.4 Å². The summed E-state index contributed by atoms with van der Waals surface area (Å²) in [6.07, 6.45) is 3.71. The minimum Gasteiger partial charge on any atom is -0.354 e. The van der Waals surface area contributed by atoms with E-state index < -0.39 is 0 Å². The van der Waals surface area contributed by atoms with E-state index in [9.17, 15) is 0 Å². The molecule has 1 aromatic rings. The molecule has 94 valence electrons. The minimum atomic E-state index is 0.479. The van der Waals surface area contributed by atoms with Crippen LogP contribution in [0, 0.1) is 0 Å². The van der Waals surface area contributed by atoms with Gasteiger partial charge in [-0.15, -0.1) is 0 Å². The van der Waals surface area contributed by atoms with Gasteiger partial charge in [0, 0.05) is 43.4 Å². The summed E-state index contributed by atoms with van der Waals surface area (Å²) in [6, 6.07) is 0.479. The highest BCUT2D eigenvalue weighted by Crippen LogP contribution is 2.16. The van der Waals surface area contributed by atoms with E-state index in [1.54, 1.807) is 0 Å². The molecule has 1 N–H and O–H groups in total. The first-order chi connectivity index (χ1) is 8.25. The molecule has 1 saturated heterocycles. The SMILES string of the molecule is CC(C)NCc1cncc(N2CCSCC2)n1. The Bertz CT molecular complexity index is 350. The van der Waals surface area contributed by atoms with Crippen molar-refractivity contribution in [2.24, 2.45) is 0 Å². The number of nitrogens with one attached hydrogen (secondary N) is 1. The highest BCUT2D eigenvalue weighted by atomic mass is 32.2. The second-order valence-corrected chi connectivity index (χ2v) is 5.73. The number of anilines is 1. The molecule has 1 fully saturated rings. The van der Waals surface area contributed by atoms with Gasteiger partial charge in [0.1, 0.15) is 5.82 Å². The molecule has 4 nitrogen and oxygen atoms in total. The first-order valence-corrected chi connectivity index (χ1v) is 7.28. The highest BCUT2D eigenvalue weighted by Gasteiger charge is 2.12. The molecule has 0 radical (unpaired) electrons. The molecule has 0 amide bonds. The van der Waals surface area contributed by atoms with Crippen molar-refractivity contribution < 1.29 is 0 Å². The van der Waals surface area contributed by atoms with E-state index >= 15 is 0 Å². The molecule has 17 heavy (non-hydrogen) atoms. The topological polar surface area (TPSA) is 41.1 Å². The van der Waals surface area contributed by atoms with Gasteiger partial charge in [0.25, 0.3) is 0 Å². The van der Waals surface area contributed by atoms with E-state index in [2.05, 4.69) is 34.0 Å². The van der Waals surface area contributed by atoms with Crippen molar-refractivity contribution in [1.82, 2.24) is 15.3 Å². The van der Waals surface area contributed by atoms with Crippen molar-refractivity contribution in [3.8, 4) is 0 Å². The Morgan fingerprint density at radius 2 is 2.12 bits per heavy atom. The van der Waals surface area contributed by atoms with Crippen molar-refractivity contribution in [2.75, 3.05) is 29.5 Å². The van der Waals surface area contributed by atoms with Crippen LogP contribution < -0.4 is 10.2 Å². The van der Waals surface area contributed by atoms with Gasteiger partial charge in [-0.1, -0.05) is 13.8 Å². The zero-order valence-corrected chi connectivity index (χ0v) is 11.3. The normalized spacial score (nSPS) is 16.5. The van der Waals surface area contributed by atoms with Crippen LogP contribution in [0.3, 0.4) is 0 Å². The average Bonchev–Trinajstić information content (AvgIpc) is 2.38. The number of aromatic nitrogens is 2. The Morgan fingerprint density at radius 3 is 2.82 bits per heavy atom. The van der Waals surface area contributed by atoms with Crippen LogP contribution in [0.2, 0.25) is 0 Å². The third-order valence-electron chi connectivity index (χ3n) is 2.70. The molecule has 0 atom stereocenters. The Kier molecular flexibility index (Phi) is 4.62. The summed E-state index contributed by atoms with van der Waals surface area (Å²) in [6.45, 7) is 7.24. The Hall–Kier alpha value is -0.810. The maximum absolute atomic E-state index is 4.66. The van der Waals surface area contributed by atoms with Gasteiger partial charge in [0.2, 0.25) is 0 Å². The summed E-state index contributed by atoms with van der Waals surface area (Å²) < 4.78 is 0. The molecule has 0 aliphatic carbocycles. The van der Waals surface area contributed by atoms with Crippen LogP contribution in [-0.4, -0.2) is 40.6 Å². The first kappa shape index (κ1) is 12.6. The maximum Gasteiger partial charge on any atom is 0.147 e. The Morgan fingerprint density at radius 1 is 1.35 bits per heavy atom. The fourth-order valence-electron chi connectivity index (χ4n) is 1.73. The zero-order valence-electron chi connectivity index (χ0n) is 10.5. The molecule has 2 rings (SSSR count). The second kappa shape index (κ2) is 6.21. The van der Waals surface area contributed by atoms with E-state index in [0.29, 0.717) is 6.04 Å². The van der Waals surface area contributed by atoms with E-state index in [1.165, 1.54) is 11.5 Å². The lowest BCUT2D eigenvalue weighted by Gasteiger charge is -2.27. The molecule has 1 aromatic heterocycles. The van der Waals surface area contributed by atoms with Crippen LogP contribution >= 0.6 is 11.8 Å². The predicted molar refractivity (Wildman–Crippen MR) is 73.5 cm³/mol. The number of rotatable bonds is 4. The molecular weight excluding hydrogens is 232 g/mol. The third kappa shape index (κ3) is 3.85. The lowest BCUT2D eigenvalue weighted by molar-refractivity contribution is 0.579. The Balaban J connectivity index is 2.00. The van der Waals surface area contributed by atoms with Crippen molar-refractivity contribution in [2.45, 2.75) is 26.4 Å². The van der Waals surface area contributed by atoms with Crippen molar-refractivity contribution >= 4 is 17.6 Å². The van der Waals surface area contributed by atoms with E-state index in [-0.39, 0.29) is 0 Å². The monoisotopic (exact) mass is 252 g/mol. The zero-order chi connectivity index (χ0) is 12.1. The van der Waals surface area contributed by atoms with Gasteiger partial charge in [-0.3, -0.25) is 4.98 Å². The molecule has 0 bridgehead atoms. The first-order valence-electron chi connectivity index (χ1n) is 6.12. The van der Waals surface area contributed by atoms with Crippen molar-refractivity contribution in [1.29, 1.82) is 0 Å². The highest BCUT2D eigenvalue weighted by molar-refractivity contribution is 7.99. The summed E-state index contributed by atoms with van der Waals surface area (Å²) in [5.41, 5.74) is 1.02. The van der Waals surface area contributed by atoms with Gasteiger partial charge >= 0.3 is 0 Å². The van der Waals surface area contributed by atoms with Gasteiger partial charge < -0.3 is 10.2 Å². The average molecular weight is 252 g/mol. The quantitative estimate of drug-likeness (QED) is 0.880. The van der Waals surface area contributed by atoms with Crippen molar-refractivity contribution in [3.05, 3.63) is 18.1 Å². The van der Waals surface area contributed by atoms with E-state index in [0.717, 1.165) is 31.1 Å². The molecule has 0 spiro atoms. The minimum absolute atomic E-state index is 0.479. The van der Waals surface area contributed by atoms with Crippen LogP contribution in [0.25, 0.3) is 0 Å². The fourth-order valence-corrected chi connectivity index (χ4v) is 2.64. The fraction of sp³-hybridized carbons (Fsp3) is 0.667. The third-order valence-corrected chi connectivity index (χ3v) is 3.64. The Labute approximate surface area is 107 Å². The second-order valence-electron chi connectivity index (χ2n) is 4.50. The summed E-state index contributed by atoms with van der Waals surface area (Å²) in [7, 11) is 0. The van der Waals surface area contributed by atoms with Crippen LogP contribution in [-0.2, 0) is 6.54 Å². The number of hydrogen-bond acceptors (Lipinski definition) is 5. The molecule has 1 aliphatic rings. The van der Waals surface area contributed by atoms with Gasteiger partial charge in [-0.2, -0.15) is 11.8 Å².